The summed E-state index contributed by atoms with van der Waals surface area (Å²) in [7, 11) is 0. The summed E-state index contributed by atoms with van der Waals surface area (Å²) < 4.78 is 0. The van der Waals surface area contributed by atoms with E-state index in [1.165, 1.54) is 0 Å². The molecule has 1 heterocycles. The highest BCUT2D eigenvalue weighted by Crippen LogP contribution is 2.26. The van der Waals surface area contributed by atoms with Crippen LogP contribution in [0.25, 0.3) is 0 Å². The number of hydrogen-bond acceptors (Lipinski definition) is 7. The summed E-state index contributed by atoms with van der Waals surface area (Å²) in [6.45, 7) is 6.73. The lowest BCUT2D eigenvalue weighted by molar-refractivity contribution is -0.140. The zero-order valence-electron chi connectivity index (χ0n) is 19.8. The van der Waals surface area contributed by atoms with Crippen LogP contribution >= 0.6 is 12.4 Å². The van der Waals surface area contributed by atoms with E-state index in [2.05, 4.69) is 10.6 Å². The predicted octanol–water partition coefficient (Wildman–Crippen LogP) is -0.395. The number of carbonyl (C=O) groups excluding carboxylic acids is 4. The Kier molecular flexibility index (Phi) is 11.1. The first-order valence-electron chi connectivity index (χ1n) is 11.1. The molecule has 1 fully saturated rings. The molecule has 0 aliphatic carbocycles. The minimum Gasteiger partial charge on any atom is -0.381 e. The van der Waals surface area contributed by atoms with Gasteiger partial charge in [0.25, 0.3) is 5.91 Å². The van der Waals surface area contributed by atoms with Gasteiger partial charge in [0.1, 0.15) is 0 Å². The maximum absolute atomic E-state index is 12.8. The summed E-state index contributed by atoms with van der Waals surface area (Å²) in [5.74, 6) is -2.88. The standard InChI is InChI=1S/C23H35N5O5.ClH/c1-23(2,3)28-11-7-10-17(28)21(32)27-22(33)19(30)16(12-14-8-5-4-6-9-14)26-20(31)15(24)13-18(25)29;/h4-6,8-9,15-17,19,30H,7,10-13,24H2,1-3H3,(H2,25,29)(H,26,31)(H,27,32,33);1H/t15-,16-,17-,19?;/m0./s1. The highest BCUT2D eigenvalue weighted by molar-refractivity contribution is 6.00. The minimum absolute atomic E-state index is 0. The lowest BCUT2D eigenvalue weighted by Gasteiger charge is -2.36. The number of likely N-dealkylation sites (tertiary alicyclic amines) is 1. The monoisotopic (exact) mass is 497 g/mol. The molecule has 0 bridgehead atoms. The third-order valence-corrected chi connectivity index (χ3v) is 5.70. The smallest absolute Gasteiger partial charge is 0.257 e. The van der Waals surface area contributed by atoms with Crippen LogP contribution in [0.15, 0.2) is 30.3 Å². The van der Waals surface area contributed by atoms with Gasteiger partial charge in [-0.3, -0.25) is 29.4 Å². The fraction of sp³-hybridized carbons (Fsp3) is 0.565. The zero-order valence-corrected chi connectivity index (χ0v) is 20.6. The summed E-state index contributed by atoms with van der Waals surface area (Å²) in [4.78, 5) is 51.1. The number of rotatable bonds is 9. The maximum Gasteiger partial charge on any atom is 0.257 e. The molecule has 0 spiro atoms. The number of aliphatic hydroxyl groups is 1. The number of aliphatic hydroxyl groups excluding tert-OH is 1. The van der Waals surface area contributed by atoms with Gasteiger partial charge in [-0.05, 0) is 52.1 Å². The van der Waals surface area contributed by atoms with Crippen molar-refractivity contribution < 1.29 is 24.3 Å². The van der Waals surface area contributed by atoms with Crippen LogP contribution in [0.1, 0.15) is 45.6 Å². The molecule has 1 aromatic rings. The van der Waals surface area contributed by atoms with E-state index in [1.54, 1.807) is 24.3 Å². The molecule has 1 saturated heterocycles. The predicted molar refractivity (Wildman–Crippen MR) is 130 cm³/mol. The van der Waals surface area contributed by atoms with E-state index in [-0.39, 0.29) is 30.8 Å². The van der Waals surface area contributed by atoms with Gasteiger partial charge in [-0.1, -0.05) is 30.3 Å². The van der Waals surface area contributed by atoms with Gasteiger partial charge in [-0.15, -0.1) is 12.4 Å². The van der Waals surface area contributed by atoms with Gasteiger partial charge in [0, 0.05) is 5.54 Å². The van der Waals surface area contributed by atoms with Crippen molar-refractivity contribution in [1.82, 2.24) is 15.5 Å². The highest BCUT2D eigenvalue weighted by Gasteiger charge is 2.39. The van der Waals surface area contributed by atoms with Gasteiger partial charge in [0.2, 0.25) is 17.7 Å². The summed E-state index contributed by atoms with van der Waals surface area (Å²) in [6.07, 6.45) is -0.552. The SMILES string of the molecule is CC(C)(C)N1CCC[C@H]1C(=O)NC(=O)C(O)[C@H](Cc1ccccc1)NC(=O)[C@@H](N)CC(N)=O.Cl. The Bertz CT molecular complexity index is 861. The topological polar surface area (TPSA) is 168 Å². The van der Waals surface area contributed by atoms with Crippen LogP contribution in [-0.4, -0.2) is 69.9 Å². The Morgan fingerprint density at radius 2 is 1.76 bits per heavy atom. The Hall–Kier alpha value is -2.53. The van der Waals surface area contributed by atoms with Crippen LogP contribution in [0.2, 0.25) is 0 Å². The lowest BCUT2D eigenvalue weighted by Crippen LogP contribution is -2.58. The van der Waals surface area contributed by atoms with Crippen molar-refractivity contribution in [1.29, 1.82) is 0 Å². The van der Waals surface area contributed by atoms with Gasteiger partial charge in [0.05, 0.1) is 24.5 Å². The molecule has 0 aromatic heterocycles. The summed E-state index contributed by atoms with van der Waals surface area (Å²) in [6, 6.07) is 6.15. The first kappa shape index (κ1) is 29.5. The molecule has 2 rings (SSSR count). The quantitative estimate of drug-likeness (QED) is 0.309. The van der Waals surface area contributed by atoms with E-state index in [9.17, 15) is 24.3 Å². The van der Waals surface area contributed by atoms with E-state index >= 15 is 0 Å². The van der Waals surface area contributed by atoms with E-state index in [4.69, 9.17) is 11.5 Å². The van der Waals surface area contributed by atoms with Crippen molar-refractivity contribution in [3.63, 3.8) is 0 Å². The fourth-order valence-electron chi connectivity index (χ4n) is 4.01. The van der Waals surface area contributed by atoms with Gasteiger partial charge < -0.3 is 21.9 Å². The number of amides is 4. The molecule has 0 radical (unpaired) electrons. The van der Waals surface area contributed by atoms with Crippen molar-refractivity contribution >= 4 is 36.0 Å². The number of nitrogens with two attached hydrogens (primary N) is 2. The molecule has 7 N–H and O–H groups in total. The molecular formula is C23H36ClN5O5. The molecule has 11 heteroatoms. The van der Waals surface area contributed by atoms with E-state index in [0.717, 1.165) is 18.5 Å². The van der Waals surface area contributed by atoms with Crippen LogP contribution in [0.5, 0.6) is 0 Å². The zero-order chi connectivity index (χ0) is 24.8. The molecule has 4 amide bonds. The first-order chi connectivity index (χ1) is 15.4. The second-order valence-electron chi connectivity index (χ2n) is 9.40. The van der Waals surface area contributed by atoms with Gasteiger partial charge >= 0.3 is 0 Å². The van der Waals surface area contributed by atoms with E-state index < -0.39 is 47.9 Å². The number of halogens is 1. The molecule has 1 unspecified atom stereocenters. The summed E-state index contributed by atoms with van der Waals surface area (Å²) in [5.41, 5.74) is 11.3. The lowest BCUT2D eigenvalue weighted by atomic mass is 9.99. The second-order valence-corrected chi connectivity index (χ2v) is 9.40. The van der Waals surface area contributed by atoms with Crippen LogP contribution in [0.3, 0.4) is 0 Å². The van der Waals surface area contributed by atoms with Crippen LogP contribution < -0.4 is 22.1 Å². The first-order valence-corrected chi connectivity index (χ1v) is 11.1. The van der Waals surface area contributed by atoms with Crippen molar-refractivity contribution in [3.8, 4) is 0 Å². The average molecular weight is 498 g/mol. The number of carbonyl (C=O) groups is 4. The fourth-order valence-corrected chi connectivity index (χ4v) is 4.01. The summed E-state index contributed by atoms with van der Waals surface area (Å²) >= 11 is 0. The van der Waals surface area contributed by atoms with E-state index in [0.29, 0.717) is 6.42 Å². The molecule has 190 valence electrons. The Morgan fingerprint density at radius 1 is 1.15 bits per heavy atom. The van der Waals surface area contributed by atoms with Gasteiger partial charge in [-0.25, -0.2) is 0 Å². The number of nitrogens with zero attached hydrogens (tertiary/aromatic N) is 1. The van der Waals surface area contributed by atoms with Crippen molar-refractivity contribution in [2.75, 3.05) is 6.54 Å². The van der Waals surface area contributed by atoms with Crippen molar-refractivity contribution in [3.05, 3.63) is 35.9 Å². The van der Waals surface area contributed by atoms with Crippen LogP contribution in [0, 0.1) is 0 Å². The van der Waals surface area contributed by atoms with Gasteiger partial charge in [-0.2, -0.15) is 0 Å². The average Bonchev–Trinajstić information content (AvgIpc) is 3.23. The second kappa shape index (κ2) is 12.8. The minimum atomic E-state index is -1.72. The molecule has 10 nitrogen and oxygen atoms in total. The number of nitrogens with one attached hydrogen (secondary N) is 2. The molecule has 4 atom stereocenters. The van der Waals surface area contributed by atoms with Crippen molar-refractivity contribution in [2.24, 2.45) is 11.5 Å². The Balaban J connectivity index is 0.00000578. The number of hydrogen-bond donors (Lipinski definition) is 5. The Morgan fingerprint density at radius 3 is 2.32 bits per heavy atom. The third-order valence-electron chi connectivity index (χ3n) is 5.70. The highest BCUT2D eigenvalue weighted by atomic mass is 35.5. The van der Waals surface area contributed by atoms with E-state index in [1.807, 2.05) is 31.7 Å². The van der Waals surface area contributed by atoms with Crippen LogP contribution in [-0.2, 0) is 25.6 Å². The summed E-state index contributed by atoms with van der Waals surface area (Å²) in [5, 5.41) is 15.6. The third kappa shape index (κ3) is 8.35. The molecular weight excluding hydrogens is 462 g/mol. The Labute approximate surface area is 206 Å². The van der Waals surface area contributed by atoms with Gasteiger partial charge in [0.15, 0.2) is 6.10 Å². The molecule has 34 heavy (non-hydrogen) atoms. The van der Waals surface area contributed by atoms with Crippen molar-refractivity contribution in [2.45, 2.75) is 76.2 Å². The normalized spacial score (nSPS) is 18.8. The molecule has 1 aromatic carbocycles. The molecule has 1 aliphatic heterocycles. The molecule has 0 saturated carbocycles. The maximum atomic E-state index is 12.8. The number of primary amides is 1. The van der Waals surface area contributed by atoms with Crippen LogP contribution in [0.4, 0.5) is 0 Å². The molecule has 1 aliphatic rings. The largest absolute Gasteiger partial charge is 0.381 e. The number of benzene rings is 1. The number of imide groups is 1.